The highest BCUT2D eigenvalue weighted by Crippen LogP contribution is 2.23. The zero-order chi connectivity index (χ0) is 47.0. The Morgan fingerprint density at radius 3 is 2.61 bits per heavy atom. The second-order valence-electron chi connectivity index (χ2n) is 16.6. The number of aryl methyl sites for hydroxylation is 2. The van der Waals surface area contributed by atoms with Crippen LogP contribution in [0.1, 0.15) is 114 Å². The minimum atomic E-state index is -0.556. The van der Waals surface area contributed by atoms with E-state index in [1.807, 2.05) is 71.9 Å². The fraction of sp³-hybridized carbons (Fsp3) is 0.367. The van der Waals surface area contributed by atoms with Gasteiger partial charge in [0.1, 0.15) is 24.1 Å². The fourth-order valence-electron chi connectivity index (χ4n) is 7.80. The van der Waals surface area contributed by atoms with Crippen LogP contribution in [0.5, 0.6) is 5.75 Å². The molecule has 5 N–H and O–H groups in total. The smallest absolute Gasteiger partial charge is 0.251 e. The van der Waals surface area contributed by atoms with Crippen molar-refractivity contribution in [3.63, 3.8) is 0 Å². The number of nitrogens with one attached hydrogen (secondary N) is 5. The highest BCUT2D eigenvalue weighted by Gasteiger charge is 2.26. The molecule has 1 aliphatic heterocycles. The van der Waals surface area contributed by atoms with E-state index in [1.165, 1.54) is 6.33 Å². The van der Waals surface area contributed by atoms with Gasteiger partial charge in [-0.05, 0) is 98.8 Å². The summed E-state index contributed by atoms with van der Waals surface area (Å²) in [5.41, 5.74) is 5.45. The first-order chi connectivity index (χ1) is 32.6. The number of aldehydes is 1. The Morgan fingerprint density at radius 2 is 1.79 bits per heavy atom. The first-order valence-corrected chi connectivity index (χ1v) is 22.8. The summed E-state index contributed by atoms with van der Waals surface area (Å²) in [6, 6.07) is 21.3. The largest absolute Gasteiger partial charge is 0.598 e. The molecule has 3 aromatic carbocycles. The van der Waals surface area contributed by atoms with Gasteiger partial charge < -0.3 is 40.4 Å². The number of imide groups is 1. The first-order valence-electron chi connectivity index (χ1n) is 22.8. The molecule has 1 saturated heterocycles. The highest BCUT2D eigenvalue weighted by molar-refractivity contribution is 6.00. The Balaban J connectivity index is 0.738. The van der Waals surface area contributed by atoms with E-state index in [0.717, 1.165) is 73.5 Å². The van der Waals surface area contributed by atoms with E-state index in [9.17, 15) is 24.0 Å². The molecule has 7 rings (SSSR count). The van der Waals surface area contributed by atoms with Crippen molar-refractivity contribution in [3.05, 3.63) is 125 Å². The maximum absolute atomic E-state index is 13.3. The molecular weight excluding hydrogens is 853 g/mol. The summed E-state index contributed by atoms with van der Waals surface area (Å²) in [5.74, 6) is 1.09. The summed E-state index contributed by atoms with van der Waals surface area (Å²) in [4.78, 5) is 69.7. The van der Waals surface area contributed by atoms with Gasteiger partial charge in [0.15, 0.2) is 11.6 Å². The monoisotopic (exact) mass is 909 g/mol. The molecule has 1 aliphatic rings. The summed E-state index contributed by atoms with van der Waals surface area (Å²) in [6.07, 6.45) is 13.3. The van der Waals surface area contributed by atoms with Gasteiger partial charge >= 0.3 is 0 Å². The molecule has 18 heteroatoms. The summed E-state index contributed by atoms with van der Waals surface area (Å²) in [7, 11) is 1.88. The van der Waals surface area contributed by atoms with Crippen molar-refractivity contribution in [3.8, 4) is 17.3 Å². The number of hydrogen-bond donors (Lipinski definition) is 5. The predicted molar refractivity (Wildman–Crippen MR) is 251 cm³/mol. The number of nitrogens with zero attached hydrogens (tertiary/aromatic N) is 7. The molecular formula is C49H57N12O6-. The Morgan fingerprint density at radius 1 is 0.970 bits per heavy atom. The average molecular weight is 910 g/mol. The number of aromatic nitrogens is 7. The molecule has 1 unspecified atom stereocenters. The topological polar surface area (TPSA) is 230 Å². The second-order valence-corrected chi connectivity index (χ2v) is 16.6. The lowest BCUT2D eigenvalue weighted by Gasteiger charge is -2.29. The van der Waals surface area contributed by atoms with Crippen molar-refractivity contribution in [2.24, 2.45) is 7.05 Å². The summed E-state index contributed by atoms with van der Waals surface area (Å²) < 4.78 is 9.91. The van der Waals surface area contributed by atoms with E-state index < -0.39 is 11.9 Å². The van der Waals surface area contributed by atoms with Crippen molar-refractivity contribution >= 4 is 41.3 Å². The zero-order valence-electron chi connectivity index (χ0n) is 37.9. The predicted octanol–water partition coefficient (Wildman–Crippen LogP) is 5.83. The molecule has 3 aromatic heterocycles. The highest BCUT2D eigenvalue weighted by atomic mass is 16.5. The molecule has 1 fully saturated rings. The molecule has 4 heterocycles. The van der Waals surface area contributed by atoms with Crippen molar-refractivity contribution in [2.45, 2.75) is 103 Å². The van der Waals surface area contributed by atoms with Gasteiger partial charge in [0.25, 0.3) is 5.91 Å². The molecule has 18 nitrogen and oxygen atoms in total. The number of benzene rings is 3. The van der Waals surface area contributed by atoms with Crippen LogP contribution in [0.2, 0.25) is 0 Å². The Kier molecular flexibility index (Phi) is 16.8. The lowest BCUT2D eigenvalue weighted by atomic mass is 10.0. The quantitative estimate of drug-likeness (QED) is 0.0259. The van der Waals surface area contributed by atoms with Gasteiger partial charge in [0.2, 0.25) is 17.7 Å². The Labute approximate surface area is 389 Å². The molecule has 4 amide bonds. The summed E-state index contributed by atoms with van der Waals surface area (Å²) >= 11 is 0. The number of hydrogen-bond acceptors (Lipinski definition) is 12. The minimum absolute atomic E-state index is 0.170. The number of unbranched alkanes of at least 4 members (excludes halogenated alkanes) is 4. The van der Waals surface area contributed by atoms with E-state index >= 15 is 0 Å². The number of carbonyl (C=O) groups excluding carboxylic acids is 5. The van der Waals surface area contributed by atoms with Crippen LogP contribution in [0.25, 0.3) is 11.5 Å². The molecule has 6 aromatic rings. The Bertz CT molecular complexity index is 2610. The van der Waals surface area contributed by atoms with Crippen LogP contribution in [0.15, 0.2) is 91.5 Å². The number of rotatable bonds is 25. The van der Waals surface area contributed by atoms with Crippen LogP contribution in [-0.4, -0.2) is 72.0 Å². The van der Waals surface area contributed by atoms with E-state index in [2.05, 4.69) is 51.8 Å². The summed E-state index contributed by atoms with van der Waals surface area (Å²) in [6.45, 7) is 4.02. The lowest BCUT2D eigenvalue weighted by molar-refractivity contribution is -0.134. The Hall–Kier alpha value is -7.47. The maximum Gasteiger partial charge on any atom is 0.251 e. The number of anilines is 2. The zero-order valence-corrected chi connectivity index (χ0v) is 37.9. The number of ether oxygens (including phenoxy) is 1. The lowest BCUT2D eigenvalue weighted by Crippen LogP contribution is -2.50. The number of carbonyl (C=O) groups is 5. The third kappa shape index (κ3) is 13.5. The minimum Gasteiger partial charge on any atom is -0.598 e. The van der Waals surface area contributed by atoms with Crippen LogP contribution in [0, 0.1) is 0 Å². The molecule has 0 bridgehead atoms. The van der Waals surface area contributed by atoms with Crippen molar-refractivity contribution < 1.29 is 28.7 Å². The van der Waals surface area contributed by atoms with Crippen LogP contribution >= 0.6 is 0 Å². The maximum atomic E-state index is 13.3. The third-order valence-electron chi connectivity index (χ3n) is 11.6. The van der Waals surface area contributed by atoms with Crippen molar-refractivity contribution in [1.29, 1.82) is 0 Å². The van der Waals surface area contributed by atoms with E-state index in [1.54, 1.807) is 36.5 Å². The van der Waals surface area contributed by atoms with Gasteiger partial charge in [-0.25, -0.2) is 9.97 Å². The van der Waals surface area contributed by atoms with Gasteiger partial charge in [-0.15, -0.1) is 15.9 Å². The van der Waals surface area contributed by atoms with Gasteiger partial charge in [-0.2, -0.15) is 0 Å². The van der Waals surface area contributed by atoms with Crippen LogP contribution in [-0.2, 0) is 47.5 Å². The fourth-order valence-corrected chi connectivity index (χ4v) is 7.80. The van der Waals surface area contributed by atoms with Crippen LogP contribution in [0.3, 0.4) is 0 Å². The normalized spacial score (nSPS) is 14.0. The van der Waals surface area contributed by atoms with Crippen molar-refractivity contribution in [1.82, 2.24) is 50.5 Å². The van der Waals surface area contributed by atoms with E-state index in [4.69, 9.17) is 4.74 Å². The molecule has 2 atom stereocenters. The first kappa shape index (κ1) is 47.5. The number of amides is 4. The molecule has 350 valence electrons. The van der Waals surface area contributed by atoms with Crippen LogP contribution in [0.4, 0.5) is 11.4 Å². The van der Waals surface area contributed by atoms with E-state index in [0.29, 0.717) is 72.7 Å². The van der Waals surface area contributed by atoms with Gasteiger partial charge in [0.05, 0.1) is 25.2 Å². The summed E-state index contributed by atoms with van der Waals surface area (Å²) in [5, 5.41) is 28.0. The molecule has 0 radical (unpaired) electrons. The molecule has 0 aliphatic carbocycles. The second kappa shape index (κ2) is 23.6. The van der Waals surface area contributed by atoms with Crippen molar-refractivity contribution in [2.75, 3.05) is 17.2 Å². The van der Waals surface area contributed by atoms with Crippen LogP contribution < -0.4 is 36.4 Å². The van der Waals surface area contributed by atoms with Gasteiger partial charge in [0, 0.05) is 61.7 Å². The standard InChI is InChI=1S/C49H57N12O6/c1-33(54-48(65)35-13-8-15-37(26-35)51-29-44-57-58-47(60(44)2)42-22-23-50-32-53-42)34-12-9-17-39(27-34)67-25-7-5-3-4-6-24-61-30-38(59-61)16-11-19-45(63)55-41-18-10-14-36(31-62)40(41)28-52-43-20-21-46(64)56-49(43)66/h8-10,12-15,17-18,22-23,26-27,30-33,43,51-52H,3-7,11,16,19-21,24-25,28-29H2,1-2H3,(H,54,65)(H,55,63)(H,56,64,66)/q-1/t33-,43?/m1/s1. The molecule has 0 spiro atoms. The molecule has 0 saturated carbocycles. The van der Waals surface area contributed by atoms with Gasteiger partial charge in [-0.3, -0.25) is 29.3 Å². The third-order valence-corrected chi connectivity index (χ3v) is 11.6. The molecule has 67 heavy (non-hydrogen) atoms. The average Bonchev–Trinajstić information content (AvgIpc) is 3.70. The van der Waals surface area contributed by atoms with E-state index in [-0.39, 0.29) is 36.7 Å². The SMILES string of the molecule is C[C@@H](NC(=O)c1cccc(NCc2nnc(-c3ccncn3)n2C)c1)c1cccc(OCCCCCCCn2cc(CCCC(=O)Nc3cccc(C=O)c3CNC3CCC(=O)NC3=O)[n-]2)c1. The number of piperidine rings is 1. The van der Waals surface area contributed by atoms with Gasteiger partial charge in [-0.1, -0.05) is 49.6 Å².